The molecule has 6 rings (SSSR count). The molecule has 48 heteroatoms. The molecule has 0 spiro atoms. The highest BCUT2D eigenvalue weighted by Gasteiger charge is 2.58. The van der Waals surface area contributed by atoms with Crippen LogP contribution in [-0.4, -0.2) is 161 Å². The fourth-order valence-electron chi connectivity index (χ4n) is 6.85. The van der Waals surface area contributed by atoms with Gasteiger partial charge in [0.2, 0.25) is 0 Å². The topological polar surface area (TPSA) is 593 Å². The van der Waals surface area contributed by atoms with Crippen molar-refractivity contribution in [1.82, 2.24) is 28.7 Å². The van der Waals surface area contributed by atoms with E-state index in [1.807, 2.05) is 15.0 Å². The van der Waals surface area contributed by atoms with E-state index >= 15 is 0 Å². The summed E-state index contributed by atoms with van der Waals surface area (Å²) in [5.74, 6) is 0. The Kier molecular flexibility index (Phi) is 21.0. The maximum absolute atomic E-state index is 14.9. The largest absolute Gasteiger partial charge is 0.490 e. The lowest BCUT2D eigenvalue weighted by Crippen LogP contribution is -2.43. The number of phosphoric ester groups is 3. The van der Waals surface area contributed by atoms with Gasteiger partial charge < -0.3 is 73.6 Å². The number of nitrogens with zero attached hydrogens (tertiary/aromatic N) is 3. The van der Waals surface area contributed by atoms with Gasteiger partial charge in [0.1, 0.15) is 36.6 Å². The monoisotopic (exact) mass is 1260 g/mol. The van der Waals surface area contributed by atoms with Gasteiger partial charge in [-0.15, -0.1) is 0 Å². The van der Waals surface area contributed by atoms with E-state index in [9.17, 15) is 94.4 Å². The number of nitrogens with one attached hydrogen (secondary N) is 3. The minimum absolute atomic E-state index is 0.593. The van der Waals surface area contributed by atoms with Crippen LogP contribution in [0.4, 0.5) is 13.2 Å². The first-order chi connectivity index (χ1) is 35.2. The van der Waals surface area contributed by atoms with E-state index in [1.54, 1.807) is 0 Å². The van der Waals surface area contributed by atoms with Crippen LogP contribution >= 0.6 is 46.9 Å². The van der Waals surface area contributed by atoms with E-state index < -0.39 is 173 Å². The fraction of sp³-hybridized carbons (Fsp3) is 0.600. The van der Waals surface area contributed by atoms with E-state index in [4.69, 9.17) is 48.5 Å². The number of ether oxygens (including phenoxy) is 3. The molecule has 3 saturated heterocycles. The molecule has 15 atom stereocenters. The SMILES string of the molecule is C[C@@]1(F)[C@H](O)[C@@H](COP(=O)(O)O)O[C@H]1n1ccc(=O)[nH]c1=O.C[C@@]1(F)[C@H](O)[C@@H](COP(=O)(O)OP(=O)(O)O)O[C@H]1n1ccc(=O)[nH]c1=O.C[C@@]1(F)[C@H](O)[C@@H](COP(=O)(O)OP(=O)(O)OP(=O)(O)O)O[C@H]1n1ccc(=O)[nH]c1=O. The number of phosphoric acid groups is 6. The Hall–Kier alpha value is -3.63. The highest BCUT2D eigenvalue weighted by molar-refractivity contribution is 7.66. The molecular weight excluding hydrogens is 1220 g/mol. The zero-order valence-electron chi connectivity index (χ0n) is 38.9. The Morgan fingerprint density at radius 1 is 0.462 bits per heavy atom. The van der Waals surface area contributed by atoms with Gasteiger partial charge in [-0.3, -0.25) is 56.6 Å². The van der Waals surface area contributed by atoms with Crippen LogP contribution in [0, 0.1) is 0 Å². The minimum atomic E-state index is -5.77. The Morgan fingerprint density at radius 3 is 0.974 bits per heavy atom. The van der Waals surface area contributed by atoms with Gasteiger partial charge in [0.15, 0.2) is 35.7 Å². The van der Waals surface area contributed by atoms with Crippen molar-refractivity contribution in [3.05, 3.63) is 99.3 Å². The highest BCUT2D eigenvalue weighted by Crippen LogP contribution is 2.66. The lowest BCUT2D eigenvalue weighted by Gasteiger charge is -2.24. The molecule has 3 aliphatic heterocycles. The van der Waals surface area contributed by atoms with Crippen LogP contribution in [0.15, 0.2) is 65.6 Å². The van der Waals surface area contributed by atoms with Crippen molar-refractivity contribution in [2.45, 2.75) is 93.1 Å². The summed E-state index contributed by atoms with van der Waals surface area (Å²) in [6, 6.07) is 2.74. The zero-order chi connectivity index (χ0) is 59.7. The van der Waals surface area contributed by atoms with Crippen molar-refractivity contribution in [3.8, 4) is 0 Å². The third kappa shape index (κ3) is 17.9. The van der Waals surface area contributed by atoms with Gasteiger partial charge in [-0.05, 0) is 20.8 Å². The Balaban J connectivity index is 0.000000255. The number of H-pyrrole nitrogens is 3. The number of aliphatic hydroxyl groups is 3. The van der Waals surface area contributed by atoms with Crippen LogP contribution in [0.25, 0.3) is 0 Å². The molecule has 3 aromatic rings. The molecule has 0 radical (unpaired) electrons. The molecule has 0 amide bonds. The summed E-state index contributed by atoms with van der Waals surface area (Å²) in [4.78, 5) is 153. The number of rotatable bonds is 18. The van der Waals surface area contributed by atoms with Crippen molar-refractivity contribution in [1.29, 1.82) is 0 Å². The molecule has 3 unspecified atom stereocenters. The Morgan fingerprint density at radius 2 is 0.718 bits per heavy atom. The van der Waals surface area contributed by atoms with Crippen molar-refractivity contribution in [2.24, 2.45) is 0 Å². The zero-order valence-corrected chi connectivity index (χ0v) is 44.2. The van der Waals surface area contributed by atoms with Gasteiger partial charge in [0.05, 0.1) is 19.8 Å². The van der Waals surface area contributed by atoms with Crippen LogP contribution in [0.1, 0.15) is 39.5 Å². The summed E-state index contributed by atoms with van der Waals surface area (Å²) in [5, 5.41) is 29.9. The number of alkyl halides is 3. The van der Waals surface area contributed by atoms with Crippen LogP contribution in [0.5, 0.6) is 0 Å². The van der Waals surface area contributed by atoms with E-state index in [0.717, 1.165) is 62.1 Å². The maximum atomic E-state index is 14.9. The predicted octanol–water partition coefficient (Wildman–Crippen LogP) is -3.75. The van der Waals surface area contributed by atoms with Crippen LogP contribution in [0.3, 0.4) is 0 Å². The average molecular weight is 1260 g/mol. The minimum Gasteiger partial charge on any atom is -0.387 e. The third-order valence-electron chi connectivity index (χ3n) is 10.3. The average Bonchev–Trinajstić information content (AvgIpc) is 3.72. The maximum Gasteiger partial charge on any atom is 0.490 e. The molecule has 0 saturated carbocycles. The molecule has 39 nitrogen and oxygen atoms in total. The summed E-state index contributed by atoms with van der Waals surface area (Å²) < 4.78 is 151. The van der Waals surface area contributed by atoms with Gasteiger partial charge in [-0.1, -0.05) is 0 Å². The predicted molar refractivity (Wildman–Crippen MR) is 239 cm³/mol. The molecule has 0 aliphatic carbocycles. The van der Waals surface area contributed by atoms with Crippen LogP contribution in [-0.2, 0) is 68.1 Å². The lowest BCUT2D eigenvalue weighted by atomic mass is 9.98. The molecule has 3 aromatic heterocycles. The summed E-state index contributed by atoms with van der Waals surface area (Å²) >= 11 is 0. The van der Waals surface area contributed by atoms with E-state index in [0.29, 0.717) is 9.13 Å². The molecule has 78 heavy (non-hydrogen) atoms. The van der Waals surface area contributed by atoms with E-state index in [2.05, 4.69) is 26.5 Å². The Labute approximate surface area is 427 Å². The lowest BCUT2D eigenvalue weighted by molar-refractivity contribution is -0.0605. The summed E-state index contributed by atoms with van der Waals surface area (Å²) in [7, 11) is -32.3. The van der Waals surface area contributed by atoms with Gasteiger partial charge in [0.25, 0.3) is 16.7 Å². The van der Waals surface area contributed by atoms with E-state index in [-0.39, 0.29) is 0 Å². The van der Waals surface area contributed by atoms with Gasteiger partial charge >= 0.3 is 64.0 Å². The molecule has 0 bridgehead atoms. The number of aromatic nitrogens is 6. The Bertz CT molecular complexity index is 3310. The second-order valence-electron chi connectivity index (χ2n) is 16.4. The second-order valence-corrected chi connectivity index (χ2v) is 24.9. The van der Waals surface area contributed by atoms with Crippen molar-refractivity contribution in [2.75, 3.05) is 19.8 Å². The van der Waals surface area contributed by atoms with Gasteiger partial charge in [-0.2, -0.15) is 12.9 Å². The molecule has 6 heterocycles. The van der Waals surface area contributed by atoms with Gasteiger partial charge in [0, 0.05) is 36.8 Å². The van der Waals surface area contributed by atoms with Crippen LogP contribution in [0.2, 0.25) is 0 Å². The number of hydrogen-bond donors (Lipinski definition) is 15. The first-order valence-corrected chi connectivity index (χ1v) is 29.5. The third-order valence-corrected chi connectivity index (χ3v) is 16.7. The van der Waals surface area contributed by atoms with E-state index in [1.165, 1.54) is 0 Å². The molecule has 15 N–H and O–H groups in total. The fourth-order valence-corrected chi connectivity index (χ4v) is 11.8. The quantitative estimate of drug-likeness (QED) is 0.0544. The number of aliphatic hydroxyl groups excluding tert-OH is 3. The first-order valence-electron chi connectivity index (χ1n) is 20.4. The van der Waals surface area contributed by atoms with Crippen LogP contribution < -0.4 is 33.7 Å². The normalized spacial score (nSPS) is 31.7. The van der Waals surface area contributed by atoms with Crippen molar-refractivity contribution < 1.29 is 141 Å². The molecule has 3 aliphatic rings. The van der Waals surface area contributed by atoms with Crippen molar-refractivity contribution in [3.63, 3.8) is 0 Å². The molecule has 444 valence electrons. The number of aromatic amines is 3. The highest BCUT2D eigenvalue weighted by atomic mass is 31.3. The molecule has 0 aromatic carbocycles. The number of hydrogen-bond acceptors (Lipinski definition) is 24. The smallest absolute Gasteiger partial charge is 0.387 e. The summed E-state index contributed by atoms with van der Waals surface area (Å²) in [5.41, 5.74) is -13.0. The van der Waals surface area contributed by atoms with Crippen molar-refractivity contribution >= 4 is 46.9 Å². The van der Waals surface area contributed by atoms with Gasteiger partial charge in [-0.25, -0.2) is 54.9 Å². The number of halogens is 3. The standard InChI is InChI=1S/C10H16FN2O14P3.C10H15FN2O11P2.C10H14FN2O8P/c1-10(11)7(15)5(25-8(10)13-3-2-6(14)12-9(13)16)4-24-29(20,21)27-30(22,23)26-28(17,18)19;1-10(11)7(15)5(4-22-26(20,21)24-25(17,18)19)23-8(10)13-3-2-6(14)12-9(13)16;1-10(11)7(15)5(4-20-22(17,18)19)21-8(10)13-3-2-6(14)12-9(13)16/h2-3,5,7-8,15H,4H2,1H3,(H,20,21)(H,22,23)(H,12,14,16)(H2,17,18,19);2-3,5,7-8,15H,4H2,1H3,(H,20,21)(H,12,14,16)(H2,17,18,19);2-3,5,7-8,15H,4H2,1H3,(H,12,14,16)(H2,17,18,19)/t3*5-,7-,8-,10-/m111/s1. The summed E-state index contributed by atoms with van der Waals surface area (Å²) in [6.07, 6.45) is -12.9. The summed E-state index contributed by atoms with van der Waals surface area (Å²) in [6.45, 7) is -0.256. The molecular formula is C30H45F3N6O33P6. The second kappa shape index (κ2) is 24.4. The first kappa shape index (κ1) is 66.9. The molecule has 3 fully saturated rings.